The first-order valence-electron chi connectivity index (χ1n) is 5.19. The fourth-order valence-electron chi connectivity index (χ4n) is 1.28. The normalized spacial score (nSPS) is 13.1. The lowest BCUT2D eigenvalue weighted by Gasteiger charge is -2.03. The summed E-state index contributed by atoms with van der Waals surface area (Å²) in [5.41, 5.74) is 0. The van der Waals surface area contributed by atoms with Gasteiger partial charge < -0.3 is 5.11 Å². The van der Waals surface area contributed by atoms with Gasteiger partial charge in [-0.15, -0.1) is 6.42 Å². The number of hydrogen-bond donors (Lipinski definition) is 1. The maximum atomic E-state index is 10.1. The molecule has 0 aliphatic rings. The highest BCUT2D eigenvalue weighted by Crippen LogP contribution is 2.10. The minimum absolute atomic E-state index is 0.221. The lowest BCUT2D eigenvalue weighted by Crippen LogP contribution is -1.92. The summed E-state index contributed by atoms with van der Waals surface area (Å²) in [7, 11) is 0. The van der Waals surface area contributed by atoms with Gasteiger partial charge in [-0.25, -0.2) is 4.79 Å². The summed E-state index contributed by atoms with van der Waals surface area (Å²) in [6.07, 6.45) is 16.0. The summed E-state index contributed by atoms with van der Waals surface area (Å²) < 4.78 is 0. The van der Waals surface area contributed by atoms with E-state index in [1.54, 1.807) is 6.08 Å². The van der Waals surface area contributed by atoms with Gasteiger partial charge in [0.05, 0.1) is 0 Å². The molecule has 0 bridgehead atoms. The molecule has 0 aromatic carbocycles. The minimum atomic E-state index is -0.884. The van der Waals surface area contributed by atoms with Crippen LogP contribution in [-0.4, -0.2) is 11.1 Å². The van der Waals surface area contributed by atoms with Gasteiger partial charge in [-0.1, -0.05) is 30.6 Å². The lowest BCUT2D eigenvalue weighted by molar-refractivity contribution is -0.131. The molecule has 1 unspecified atom stereocenters. The van der Waals surface area contributed by atoms with E-state index in [-0.39, 0.29) is 5.92 Å². The van der Waals surface area contributed by atoms with Crippen LogP contribution in [0.1, 0.15) is 32.6 Å². The van der Waals surface area contributed by atoms with E-state index in [4.69, 9.17) is 11.5 Å². The van der Waals surface area contributed by atoms with Gasteiger partial charge >= 0.3 is 5.97 Å². The molecule has 0 spiro atoms. The number of terminal acetylenes is 1. The number of unbranched alkanes of at least 4 members (excludes halogenated alkanes) is 2. The van der Waals surface area contributed by atoms with E-state index in [2.05, 4.69) is 5.92 Å². The molecule has 1 N–H and O–H groups in total. The SMILES string of the molecule is C#CC(/C=C\C)CCCC/C=C/C(=O)O. The Morgan fingerprint density at radius 3 is 2.80 bits per heavy atom. The van der Waals surface area contributed by atoms with E-state index in [9.17, 15) is 4.79 Å². The molecule has 0 saturated carbocycles. The Bertz CT molecular complexity index is 269. The number of rotatable bonds is 7. The van der Waals surface area contributed by atoms with Crippen molar-refractivity contribution in [3.05, 3.63) is 24.3 Å². The van der Waals surface area contributed by atoms with Crippen LogP contribution in [0, 0.1) is 18.3 Å². The van der Waals surface area contributed by atoms with Gasteiger partial charge in [0.15, 0.2) is 0 Å². The Kier molecular flexibility index (Phi) is 8.18. The second kappa shape index (κ2) is 9.08. The maximum absolute atomic E-state index is 10.1. The molecule has 0 aromatic rings. The zero-order valence-electron chi connectivity index (χ0n) is 9.15. The van der Waals surface area contributed by atoms with Crippen molar-refractivity contribution >= 4 is 5.97 Å². The highest BCUT2D eigenvalue weighted by atomic mass is 16.4. The lowest BCUT2D eigenvalue weighted by atomic mass is 10.0. The molecule has 0 radical (unpaired) electrons. The number of carboxylic acids is 1. The summed E-state index contributed by atoms with van der Waals surface area (Å²) in [4.78, 5) is 10.1. The summed E-state index contributed by atoms with van der Waals surface area (Å²) in [5, 5.41) is 8.34. The van der Waals surface area contributed by atoms with Crippen LogP contribution in [-0.2, 0) is 4.79 Å². The third kappa shape index (κ3) is 8.83. The monoisotopic (exact) mass is 206 g/mol. The number of hydrogen-bond acceptors (Lipinski definition) is 1. The first kappa shape index (κ1) is 13.5. The zero-order valence-corrected chi connectivity index (χ0v) is 9.15. The summed E-state index contributed by atoms with van der Waals surface area (Å²) >= 11 is 0. The second-order valence-corrected chi connectivity index (χ2v) is 3.32. The molecule has 0 fully saturated rings. The quantitative estimate of drug-likeness (QED) is 0.301. The number of allylic oxidation sites excluding steroid dienone is 3. The van der Waals surface area contributed by atoms with Crippen LogP contribution in [0.5, 0.6) is 0 Å². The molecule has 82 valence electrons. The van der Waals surface area contributed by atoms with Crippen molar-refractivity contribution in [2.24, 2.45) is 5.92 Å². The van der Waals surface area contributed by atoms with Crippen LogP contribution >= 0.6 is 0 Å². The van der Waals surface area contributed by atoms with E-state index in [1.807, 2.05) is 19.1 Å². The van der Waals surface area contributed by atoms with Gasteiger partial charge in [0.1, 0.15) is 0 Å². The smallest absolute Gasteiger partial charge is 0.327 e. The second-order valence-electron chi connectivity index (χ2n) is 3.32. The third-order valence-corrected chi connectivity index (χ3v) is 2.04. The molecule has 0 amide bonds. The third-order valence-electron chi connectivity index (χ3n) is 2.04. The minimum Gasteiger partial charge on any atom is -0.478 e. The Balaban J connectivity index is 3.54. The fraction of sp³-hybridized carbons (Fsp3) is 0.462. The van der Waals surface area contributed by atoms with Crippen molar-refractivity contribution in [1.82, 2.24) is 0 Å². The highest BCUT2D eigenvalue weighted by Gasteiger charge is 1.98. The van der Waals surface area contributed by atoms with Gasteiger partial charge in [-0.3, -0.25) is 0 Å². The zero-order chi connectivity index (χ0) is 11.5. The first-order valence-corrected chi connectivity index (χ1v) is 5.19. The molecule has 0 rings (SSSR count). The molecule has 0 aromatic heterocycles. The van der Waals surface area contributed by atoms with Crippen LogP contribution in [0.4, 0.5) is 0 Å². The molecular formula is C13H18O2. The summed E-state index contributed by atoms with van der Waals surface area (Å²) in [5.74, 6) is 2.05. The van der Waals surface area contributed by atoms with E-state index in [1.165, 1.54) is 6.08 Å². The van der Waals surface area contributed by atoms with Crippen LogP contribution in [0.2, 0.25) is 0 Å². The standard InChI is InChI=1S/C13H18O2/c1-3-9-12(4-2)10-7-5-6-8-11-13(14)15/h2-3,8-9,11-12H,5-7,10H2,1H3,(H,14,15)/b9-3-,11-8+. The first-order chi connectivity index (χ1) is 7.20. The van der Waals surface area contributed by atoms with Gasteiger partial charge in [-0.2, -0.15) is 0 Å². The molecule has 0 heterocycles. The van der Waals surface area contributed by atoms with Crippen molar-refractivity contribution in [2.75, 3.05) is 0 Å². The molecule has 15 heavy (non-hydrogen) atoms. The fourth-order valence-corrected chi connectivity index (χ4v) is 1.28. The number of carbonyl (C=O) groups is 1. The molecule has 0 saturated heterocycles. The molecule has 2 heteroatoms. The molecule has 2 nitrogen and oxygen atoms in total. The van der Waals surface area contributed by atoms with Crippen LogP contribution in [0.15, 0.2) is 24.3 Å². The van der Waals surface area contributed by atoms with Crippen molar-refractivity contribution < 1.29 is 9.90 Å². The Labute approximate surface area is 91.7 Å². The highest BCUT2D eigenvalue weighted by molar-refractivity contribution is 5.79. The predicted molar refractivity (Wildman–Crippen MR) is 62.4 cm³/mol. The summed E-state index contributed by atoms with van der Waals surface area (Å²) in [6, 6.07) is 0. The van der Waals surface area contributed by atoms with Gasteiger partial charge in [0, 0.05) is 12.0 Å². The van der Waals surface area contributed by atoms with Crippen LogP contribution in [0.3, 0.4) is 0 Å². The Morgan fingerprint density at radius 1 is 1.53 bits per heavy atom. The largest absolute Gasteiger partial charge is 0.478 e. The average molecular weight is 206 g/mol. The van der Waals surface area contributed by atoms with Crippen LogP contribution in [0.25, 0.3) is 0 Å². The van der Waals surface area contributed by atoms with Crippen molar-refractivity contribution in [2.45, 2.75) is 32.6 Å². The molecule has 0 aliphatic heterocycles. The van der Waals surface area contributed by atoms with E-state index < -0.39 is 5.97 Å². The van der Waals surface area contributed by atoms with Crippen molar-refractivity contribution in [3.8, 4) is 12.3 Å². The molecule has 0 aliphatic carbocycles. The molecule has 1 atom stereocenters. The van der Waals surface area contributed by atoms with E-state index >= 15 is 0 Å². The maximum Gasteiger partial charge on any atom is 0.327 e. The van der Waals surface area contributed by atoms with Crippen LogP contribution < -0.4 is 0 Å². The van der Waals surface area contributed by atoms with Crippen molar-refractivity contribution in [3.63, 3.8) is 0 Å². The summed E-state index contributed by atoms with van der Waals surface area (Å²) in [6.45, 7) is 1.96. The van der Waals surface area contributed by atoms with Gasteiger partial charge in [-0.05, 0) is 26.2 Å². The molecular weight excluding hydrogens is 188 g/mol. The number of aliphatic carboxylic acids is 1. The van der Waals surface area contributed by atoms with E-state index in [0.29, 0.717) is 0 Å². The van der Waals surface area contributed by atoms with Crippen molar-refractivity contribution in [1.29, 1.82) is 0 Å². The van der Waals surface area contributed by atoms with Gasteiger partial charge in [0.25, 0.3) is 0 Å². The topological polar surface area (TPSA) is 37.3 Å². The Hall–Kier alpha value is -1.49. The van der Waals surface area contributed by atoms with E-state index in [0.717, 1.165) is 25.7 Å². The van der Waals surface area contributed by atoms with Gasteiger partial charge in [0.2, 0.25) is 0 Å². The Morgan fingerprint density at radius 2 is 2.27 bits per heavy atom. The predicted octanol–water partition coefficient (Wildman–Crippen LogP) is 3.01. The number of carboxylic acid groups (broad SMARTS) is 1. The average Bonchev–Trinajstić information content (AvgIpc) is 2.21.